The van der Waals surface area contributed by atoms with Crippen LogP contribution in [0.5, 0.6) is 0 Å². The lowest BCUT2D eigenvalue weighted by molar-refractivity contribution is 0.742. The van der Waals surface area contributed by atoms with Gasteiger partial charge in [0.25, 0.3) is 0 Å². The highest BCUT2D eigenvalue weighted by atomic mass is 15.2. The van der Waals surface area contributed by atoms with Crippen LogP contribution < -0.4 is 5.32 Å². The first-order valence-corrected chi connectivity index (χ1v) is 6.47. The molecule has 0 amide bonds. The normalized spacial score (nSPS) is 12.4. The van der Waals surface area contributed by atoms with E-state index in [1.54, 1.807) is 0 Å². The molecule has 0 bridgehead atoms. The Hall–Kier alpha value is -1.77. The predicted octanol–water partition coefficient (Wildman–Crippen LogP) is 3.69. The van der Waals surface area contributed by atoms with Gasteiger partial charge in [-0.15, -0.1) is 0 Å². The van der Waals surface area contributed by atoms with Crippen molar-refractivity contribution in [3.8, 4) is 0 Å². The van der Waals surface area contributed by atoms with E-state index >= 15 is 0 Å². The lowest BCUT2D eigenvalue weighted by Crippen LogP contribution is -2.12. The van der Waals surface area contributed by atoms with E-state index in [0.717, 1.165) is 18.2 Å². The molecule has 18 heavy (non-hydrogen) atoms. The molecule has 1 aromatic heterocycles. The van der Waals surface area contributed by atoms with Gasteiger partial charge in [0.1, 0.15) is 0 Å². The molecule has 0 aliphatic rings. The average Bonchev–Trinajstić information content (AvgIpc) is 2.70. The first kappa shape index (κ1) is 12.7. The van der Waals surface area contributed by atoms with Crippen molar-refractivity contribution >= 4 is 5.95 Å². The largest absolute Gasteiger partial charge is 0.349 e. The van der Waals surface area contributed by atoms with Gasteiger partial charge >= 0.3 is 0 Å². The predicted molar refractivity (Wildman–Crippen MR) is 75.9 cm³/mol. The Morgan fingerprint density at radius 2 is 2.00 bits per heavy atom. The zero-order chi connectivity index (χ0) is 13.1. The van der Waals surface area contributed by atoms with Gasteiger partial charge in [-0.2, -0.15) is 0 Å². The smallest absolute Gasteiger partial charge is 0.203 e. The molecule has 0 fully saturated rings. The molecule has 2 rings (SSSR count). The standard InChI is InChI=1S/C15H21N3/c1-5-18-10-12(3)16-15(18)17-13(4)14-9-7-6-8-11(14)2/h6-10,13H,5H2,1-4H3,(H,16,17). The minimum atomic E-state index is 0.262. The summed E-state index contributed by atoms with van der Waals surface area (Å²) in [6, 6.07) is 8.73. The number of nitrogens with zero attached hydrogens (tertiary/aromatic N) is 2. The third-order valence-electron chi connectivity index (χ3n) is 3.24. The Bertz CT molecular complexity index is 528. The van der Waals surface area contributed by atoms with E-state index in [0.29, 0.717) is 0 Å². The van der Waals surface area contributed by atoms with Gasteiger partial charge in [0.05, 0.1) is 11.7 Å². The monoisotopic (exact) mass is 243 g/mol. The van der Waals surface area contributed by atoms with Gasteiger partial charge in [0.15, 0.2) is 0 Å². The molecule has 0 saturated carbocycles. The number of hydrogen-bond acceptors (Lipinski definition) is 2. The van der Waals surface area contributed by atoms with Crippen LogP contribution in [0.2, 0.25) is 0 Å². The molecular weight excluding hydrogens is 222 g/mol. The van der Waals surface area contributed by atoms with Gasteiger partial charge in [-0.25, -0.2) is 4.98 Å². The van der Waals surface area contributed by atoms with E-state index in [9.17, 15) is 0 Å². The van der Waals surface area contributed by atoms with E-state index in [1.807, 2.05) is 6.92 Å². The minimum absolute atomic E-state index is 0.262. The highest BCUT2D eigenvalue weighted by molar-refractivity contribution is 5.37. The fourth-order valence-corrected chi connectivity index (χ4v) is 2.25. The third-order valence-corrected chi connectivity index (χ3v) is 3.24. The number of nitrogens with one attached hydrogen (secondary N) is 1. The maximum Gasteiger partial charge on any atom is 0.203 e. The van der Waals surface area contributed by atoms with Gasteiger partial charge in [-0.3, -0.25) is 0 Å². The fourth-order valence-electron chi connectivity index (χ4n) is 2.25. The summed E-state index contributed by atoms with van der Waals surface area (Å²) in [6.45, 7) is 9.40. The van der Waals surface area contributed by atoms with Crippen LogP contribution in [0.4, 0.5) is 5.95 Å². The first-order chi connectivity index (χ1) is 8.61. The van der Waals surface area contributed by atoms with Crippen LogP contribution in [0.15, 0.2) is 30.5 Å². The highest BCUT2D eigenvalue weighted by Crippen LogP contribution is 2.21. The van der Waals surface area contributed by atoms with Crippen LogP contribution >= 0.6 is 0 Å². The highest BCUT2D eigenvalue weighted by Gasteiger charge is 2.11. The SMILES string of the molecule is CCn1cc(C)nc1NC(C)c1ccccc1C. The van der Waals surface area contributed by atoms with Gasteiger partial charge in [-0.05, 0) is 38.8 Å². The molecule has 0 aliphatic carbocycles. The van der Waals surface area contributed by atoms with Crippen LogP contribution in [-0.4, -0.2) is 9.55 Å². The average molecular weight is 243 g/mol. The molecule has 3 heteroatoms. The summed E-state index contributed by atoms with van der Waals surface area (Å²) in [7, 11) is 0. The molecule has 1 aromatic carbocycles. The Balaban J connectivity index is 2.21. The number of aryl methyl sites for hydroxylation is 3. The molecule has 1 unspecified atom stereocenters. The maximum absolute atomic E-state index is 4.53. The van der Waals surface area contributed by atoms with Gasteiger partial charge in [-0.1, -0.05) is 24.3 Å². The van der Waals surface area contributed by atoms with Crippen molar-refractivity contribution in [3.63, 3.8) is 0 Å². The first-order valence-electron chi connectivity index (χ1n) is 6.47. The lowest BCUT2D eigenvalue weighted by atomic mass is 10.0. The number of imidazole rings is 1. The van der Waals surface area contributed by atoms with Crippen molar-refractivity contribution in [2.45, 2.75) is 40.3 Å². The van der Waals surface area contributed by atoms with E-state index in [4.69, 9.17) is 0 Å². The molecule has 2 aromatic rings. The Morgan fingerprint density at radius 3 is 2.67 bits per heavy atom. The molecule has 1 N–H and O–H groups in total. The second kappa shape index (κ2) is 5.25. The summed E-state index contributed by atoms with van der Waals surface area (Å²) in [5.41, 5.74) is 3.68. The Labute approximate surface area is 109 Å². The van der Waals surface area contributed by atoms with Crippen LogP contribution in [0, 0.1) is 13.8 Å². The molecule has 96 valence electrons. The molecule has 3 nitrogen and oxygen atoms in total. The van der Waals surface area contributed by atoms with E-state index in [1.165, 1.54) is 11.1 Å². The summed E-state index contributed by atoms with van der Waals surface area (Å²) >= 11 is 0. The molecule has 0 radical (unpaired) electrons. The third kappa shape index (κ3) is 2.55. The van der Waals surface area contributed by atoms with Crippen LogP contribution in [0.3, 0.4) is 0 Å². The number of benzene rings is 1. The summed E-state index contributed by atoms with van der Waals surface area (Å²) in [6.07, 6.45) is 2.08. The van der Waals surface area contributed by atoms with Crippen molar-refractivity contribution in [1.82, 2.24) is 9.55 Å². The minimum Gasteiger partial charge on any atom is -0.349 e. The Kier molecular flexibility index (Phi) is 3.70. The van der Waals surface area contributed by atoms with Crippen LogP contribution in [0.1, 0.15) is 36.7 Å². The Morgan fingerprint density at radius 1 is 1.28 bits per heavy atom. The van der Waals surface area contributed by atoms with E-state index in [-0.39, 0.29) is 6.04 Å². The topological polar surface area (TPSA) is 29.9 Å². The molecule has 1 atom stereocenters. The van der Waals surface area contributed by atoms with Crippen LogP contribution in [-0.2, 0) is 6.54 Å². The van der Waals surface area contributed by atoms with E-state index < -0.39 is 0 Å². The molecular formula is C15H21N3. The number of rotatable bonds is 4. The quantitative estimate of drug-likeness (QED) is 0.887. The number of aromatic nitrogens is 2. The summed E-state index contributed by atoms with van der Waals surface area (Å²) in [4.78, 5) is 4.53. The molecule has 0 saturated heterocycles. The lowest BCUT2D eigenvalue weighted by Gasteiger charge is -2.17. The number of hydrogen-bond donors (Lipinski definition) is 1. The molecule has 0 spiro atoms. The zero-order valence-corrected chi connectivity index (χ0v) is 11.6. The second-order valence-electron chi connectivity index (χ2n) is 4.71. The van der Waals surface area contributed by atoms with Gasteiger partial charge in [0, 0.05) is 12.7 Å². The fraction of sp³-hybridized carbons (Fsp3) is 0.400. The summed E-state index contributed by atoms with van der Waals surface area (Å²) in [5, 5.41) is 3.49. The maximum atomic E-state index is 4.53. The van der Waals surface area contributed by atoms with E-state index in [2.05, 4.69) is 66.1 Å². The summed E-state index contributed by atoms with van der Waals surface area (Å²) in [5.74, 6) is 0.950. The van der Waals surface area contributed by atoms with Crippen molar-refractivity contribution < 1.29 is 0 Å². The van der Waals surface area contributed by atoms with Crippen molar-refractivity contribution in [2.24, 2.45) is 0 Å². The van der Waals surface area contributed by atoms with Crippen molar-refractivity contribution in [3.05, 3.63) is 47.3 Å². The van der Waals surface area contributed by atoms with Crippen LogP contribution in [0.25, 0.3) is 0 Å². The van der Waals surface area contributed by atoms with Crippen molar-refractivity contribution in [2.75, 3.05) is 5.32 Å². The second-order valence-corrected chi connectivity index (χ2v) is 4.71. The molecule has 0 aliphatic heterocycles. The van der Waals surface area contributed by atoms with Gasteiger partial charge in [0.2, 0.25) is 5.95 Å². The van der Waals surface area contributed by atoms with Crippen molar-refractivity contribution in [1.29, 1.82) is 0 Å². The number of anilines is 1. The summed E-state index contributed by atoms with van der Waals surface area (Å²) < 4.78 is 2.14. The zero-order valence-electron chi connectivity index (χ0n) is 11.6. The molecule has 1 heterocycles. The van der Waals surface area contributed by atoms with Gasteiger partial charge < -0.3 is 9.88 Å².